The molecule has 140 valence electrons. The quantitative estimate of drug-likeness (QED) is 0.355. The molecule has 2 rings (SSSR count). The Labute approximate surface area is 148 Å². The van der Waals surface area contributed by atoms with Gasteiger partial charge in [0.1, 0.15) is 0 Å². The van der Waals surface area contributed by atoms with E-state index >= 15 is 0 Å². The van der Waals surface area contributed by atoms with Gasteiger partial charge in [-0.25, -0.2) is 0 Å². The maximum atomic E-state index is 5.38. The first kappa shape index (κ1) is 19.5. The third kappa shape index (κ3) is 8.31. The monoisotopic (exact) mass is 339 g/mol. The SMILES string of the molecule is CCNC(=NCCCN1CCOCC1)NCCCCN1CCCC1. The summed E-state index contributed by atoms with van der Waals surface area (Å²) in [7, 11) is 0. The molecule has 2 saturated heterocycles. The summed E-state index contributed by atoms with van der Waals surface area (Å²) in [6, 6.07) is 0. The fourth-order valence-electron chi connectivity index (χ4n) is 3.33. The van der Waals surface area contributed by atoms with Gasteiger partial charge in [0.2, 0.25) is 0 Å². The summed E-state index contributed by atoms with van der Waals surface area (Å²) in [5.74, 6) is 0.973. The summed E-state index contributed by atoms with van der Waals surface area (Å²) < 4.78 is 5.38. The molecule has 0 aromatic carbocycles. The normalized spacial score (nSPS) is 20.5. The predicted octanol–water partition coefficient (Wildman–Crippen LogP) is 1.14. The highest BCUT2D eigenvalue weighted by Crippen LogP contribution is 2.07. The van der Waals surface area contributed by atoms with E-state index in [1.165, 1.54) is 45.3 Å². The molecule has 6 heteroatoms. The van der Waals surface area contributed by atoms with Crippen LogP contribution < -0.4 is 10.6 Å². The Kier molecular flexibility index (Phi) is 10.1. The van der Waals surface area contributed by atoms with Gasteiger partial charge in [0, 0.05) is 39.3 Å². The standard InChI is InChI=1S/C18H37N5O/c1-2-19-18(20-8-3-4-10-22-11-5-6-12-22)21-9-7-13-23-14-16-24-17-15-23/h2-17H2,1H3,(H2,19,20,21). The van der Waals surface area contributed by atoms with Crippen LogP contribution in [-0.4, -0.2) is 87.9 Å². The van der Waals surface area contributed by atoms with E-state index in [2.05, 4.69) is 27.4 Å². The van der Waals surface area contributed by atoms with Crippen LogP contribution in [0.15, 0.2) is 4.99 Å². The predicted molar refractivity (Wildman–Crippen MR) is 101 cm³/mol. The molecule has 0 amide bonds. The number of morpholine rings is 1. The van der Waals surface area contributed by atoms with Gasteiger partial charge in [0.25, 0.3) is 0 Å². The van der Waals surface area contributed by atoms with Crippen LogP contribution in [0.5, 0.6) is 0 Å². The number of unbranched alkanes of at least 4 members (excludes halogenated alkanes) is 1. The summed E-state index contributed by atoms with van der Waals surface area (Å²) >= 11 is 0. The lowest BCUT2D eigenvalue weighted by Crippen LogP contribution is -2.39. The van der Waals surface area contributed by atoms with Crippen molar-refractivity contribution in [2.45, 2.75) is 39.0 Å². The average molecular weight is 340 g/mol. The van der Waals surface area contributed by atoms with Crippen molar-refractivity contribution in [1.82, 2.24) is 20.4 Å². The summed E-state index contributed by atoms with van der Waals surface area (Å²) in [4.78, 5) is 9.76. The van der Waals surface area contributed by atoms with Crippen molar-refractivity contribution < 1.29 is 4.74 Å². The van der Waals surface area contributed by atoms with Gasteiger partial charge in [-0.1, -0.05) is 0 Å². The zero-order valence-electron chi connectivity index (χ0n) is 15.6. The van der Waals surface area contributed by atoms with Crippen molar-refractivity contribution in [3.63, 3.8) is 0 Å². The van der Waals surface area contributed by atoms with Crippen molar-refractivity contribution in [3.05, 3.63) is 0 Å². The number of hydrogen-bond acceptors (Lipinski definition) is 4. The molecule has 0 atom stereocenters. The van der Waals surface area contributed by atoms with Crippen LogP contribution in [-0.2, 0) is 4.74 Å². The number of hydrogen-bond donors (Lipinski definition) is 2. The largest absolute Gasteiger partial charge is 0.379 e. The highest BCUT2D eigenvalue weighted by Gasteiger charge is 2.10. The molecule has 0 aliphatic carbocycles. The van der Waals surface area contributed by atoms with E-state index in [0.717, 1.165) is 64.9 Å². The first-order chi connectivity index (χ1) is 11.9. The molecular weight excluding hydrogens is 302 g/mol. The second kappa shape index (κ2) is 12.5. The lowest BCUT2D eigenvalue weighted by Gasteiger charge is -2.26. The molecule has 2 aliphatic heterocycles. The number of nitrogens with zero attached hydrogens (tertiary/aromatic N) is 3. The molecule has 0 radical (unpaired) electrons. The maximum Gasteiger partial charge on any atom is 0.191 e. The van der Waals surface area contributed by atoms with Crippen LogP contribution in [0.3, 0.4) is 0 Å². The van der Waals surface area contributed by atoms with E-state index in [1.54, 1.807) is 0 Å². The minimum atomic E-state index is 0.880. The van der Waals surface area contributed by atoms with Gasteiger partial charge in [0.15, 0.2) is 5.96 Å². The highest BCUT2D eigenvalue weighted by molar-refractivity contribution is 5.79. The average Bonchev–Trinajstić information content (AvgIpc) is 3.12. The molecular formula is C18H37N5O. The van der Waals surface area contributed by atoms with Crippen LogP contribution in [0, 0.1) is 0 Å². The Morgan fingerprint density at radius 1 is 0.917 bits per heavy atom. The Bertz CT molecular complexity index is 338. The lowest BCUT2D eigenvalue weighted by atomic mass is 10.3. The van der Waals surface area contributed by atoms with E-state index < -0.39 is 0 Å². The number of ether oxygens (including phenoxy) is 1. The molecule has 0 aromatic heterocycles. The smallest absolute Gasteiger partial charge is 0.191 e. The van der Waals surface area contributed by atoms with Crippen LogP contribution in [0.25, 0.3) is 0 Å². The van der Waals surface area contributed by atoms with Crippen LogP contribution >= 0.6 is 0 Å². The molecule has 0 unspecified atom stereocenters. The third-order valence-electron chi connectivity index (χ3n) is 4.74. The van der Waals surface area contributed by atoms with Crippen molar-refractivity contribution in [1.29, 1.82) is 0 Å². The minimum Gasteiger partial charge on any atom is -0.379 e. The van der Waals surface area contributed by atoms with E-state index in [-0.39, 0.29) is 0 Å². The summed E-state index contributed by atoms with van der Waals surface area (Å²) in [5, 5.41) is 6.82. The number of likely N-dealkylation sites (tertiary alicyclic amines) is 1. The number of aliphatic imine (C=N–C) groups is 1. The molecule has 2 fully saturated rings. The van der Waals surface area contributed by atoms with Gasteiger partial charge in [-0.15, -0.1) is 0 Å². The van der Waals surface area contributed by atoms with Crippen molar-refractivity contribution in [2.24, 2.45) is 4.99 Å². The number of nitrogens with one attached hydrogen (secondary N) is 2. The van der Waals surface area contributed by atoms with Crippen molar-refractivity contribution in [2.75, 3.05) is 72.1 Å². The van der Waals surface area contributed by atoms with Gasteiger partial charge >= 0.3 is 0 Å². The summed E-state index contributed by atoms with van der Waals surface area (Å²) in [5.41, 5.74) is 0. The molecule has 2 heterocycles. The fourth-order valence-corrected chi connectivity index (χ4v) is 3.33. The van der Waals surface area contributed by atoms with Gasteiger partial charge < -0.3 is 20.3 Å². The molecule has 0 saturated carbocycles. The van der Waals surface area contributed by atoms with Crippen LogP contribution in [0.4, 0.5) is 0 Å². The third-order valence-corrected chi connectivity index (χ3v) is 4.74. The number of rotatable bonds is 10. The van der Waals surface area contributed by atoms with Crippen LogP contribution in [0.2, 0.25) is 0 Å². The Morgan fingerprint density at radius 3 is 2.38 bits per heavy atom. The first-order valence-corrected chi connectivity index (χ1v) is 9.93. The van der Waals surface area contributed by atoms with E-state index in [0.29, 0.717) is 0 Å². The molecule has 0 bridgehead atoms. The van der Waals surface area contributed by atoms with E-state index in [1.807, 2.05) is 0 Å². The molecule has 2 N–H and O–H groups in total. The van der Waals surface area contributed by atoms with E-state index in [9.17, 15) is 0 Å². The van der Waals surface area contributed by atoms with E-state index in [4.69, 9.17) is 9.73 Å². The first-order valence-electron chi connectivity index (χ1n) is 9.93. The molecule has 6 nitrogen and oxygen atoms in total. The molecule has 0 aromatic rings. The van der Waals surface area contributed by atoms with Crippen LogP contribution in [0.1, 0.15) is 39.0 Å². The van der Waals surface area contributed by atoms with Gasteiger partial charge in [-0.05, 0) is 58.7 Å². The zero-order valence-corrected chi connectivity index (χ0v) is 15.6. The minimum absolute atomic E-state index is 0.880. The Morgan fingerprint density at radius 2 is 1.62 bits per heavy atom. The van der Waals surface area contributed by atoms with Gasteiger partial charge in [0.05, 0.1) is 13.2 Å². The second-order valence-corrected chi connectivity index (χ2v) is 6.75. The Hall–Kier alpha value is -0.850. The second-order valence-electron chi connectivity index (χ2n) is 6.75. The van der Waals surface area contributed by atoms with Crippen molar-refractivity contribution in [3.8, 4) is 0 Å². The summed E-state index contributed by atoms with van der Waals surface area (Å²) in [6.45, 7) is 13.8. The van der Waals surface area contributed by atoms with Crippen molar-refractivity contribution >= 4 is 5.96 Å². The molecule has 2 aliphatic rings. The Balaban J connectivity index is 1.52. The maximum absolute atomic E-state index is 5.38. The molecule has 24 heavy (non-hydrogen) atoms. The molecule has 0 spiro atoms. The number of guanidine groups is 1. The fraction of sp³-hybridized carbons (Fsp3) is 0.944. The zero-order chi connectivity index (χ0) is 16.9. The lowest BCUT2D eigenvalue weighted by molar-refractivity contribution is 0.0377. The van der Waals surface area contributed by atoms with Gasteiger partial charge in [-0.3, -0.25) is 9.89 Å². The topological polar surface area (TPSA) is 52.1 Å². The highest BCUT2D eigenvalue weighted by atomic mass is 16.5. The van der Waals surface area contributed by atoms with Gasteiger partial charge in [-0.2, -0.15) is 0 Å². The summed E-state index contributed by atoms with van der Waals surface area (Å²) in [6.07, 6.45) is 6.39.